The Hall–Kier alpha value is -2.01. The van der Waals surface area contributed by atoms with E-state index in [1.807, 2.05) is 0 Å². The number of benzene rings is 1. The Balaban J connectivity index is 2.67. The lowest BCUT2D eigenvalue weighted by Crippen LogP contribution is -1.90. The number of aromatic hydroxyl groups is 1. The molecule has 0 saturated carbocycles. The van der Waals surface area contributed by atoms with Gasteiger partial charge in [0.05, 0.1) is 16.7 Å². The summed E-state index contributed by atoms with van der Waals surface area (Å²) in [5.74, 6) is -0.132. The highest BCUT2D eigenvalue weighted by Gasteiger charge is 2.20. The molecular formula is C10H6ClNO4. The normalized spacial score (nSPS) is 10.3. The average molecular weight is 240 g/mol. The fourth-order valence-electron chi connectivity index (χ4n) is 1.34. The van der Waals surface area contributed by atoms with Crippen LogP contribution in [0, 0.1) is 10.1 Å². The van der Waals surface area contributed by atoms with E-state index >= 15 is 0 Å². The zero-order valence-corrected chi connectivity index (χ0v) is 8.64. The van der Waals surface area contributed by atoms with Crippen molar-refractivity contribution in [1.82, 2.24) is 0 Å². The van der Waals surface area contributed by atoms with E-state index in [0.717, 1.165) is 6.07 Å². The Labute approximate surface area is 95.0 Å². The van der Waals surface area contributed by atoms with Gasteiger partial charge in [-0.05, 0) is 18.2 Å². The maximum atomic E-state index is 10.7. The van der Waals surface area contributed by atoms with Crippen LogP contribution in [0.5, 0.6) is 5.75 Å². The van der Waals surface area contributed by atoms with Crippen LogP contribution in [0.2, 0.25) is 5.02 Å². The molecule has 1 aromatic heterocycles. The first-order chi connectivity index (χ1) is 7.59. The molecule has 5 nitrogen and oxygen atoms in total. The van der Waals surface area contributed by atoms with Crippen LogP contribution in [0.3, 0.4) is 0 Å². The van der Waals surface area contributed by atoms with Crippen molar-refractivity contribution in [2.75, 3.05) is 0 Å². The van der Waals surface area contributed by atoms with Gasteiger partial charge in [0.1, 0.15) is 5.76 Å². The molecule has 0 radical (unpaired) electrons. The van der Waals surface area contributed by atoms with E-state index in [-0.39, 0.29) is 10.6 Å². The van der Waals surface area contributed by atoms with Crippen LogP contribution in [0.4, 0.5) is 5.69 Å². The summed E-state index contributed by atoms with van der Waals surface area (Å²) in [6.45, 7) is 0. The topological polar surface area (TPSA) is 76.5 Å². The summed E-state index contributed by atoms with van der Waals surface area (Å²) in [6, 6.07) is 5.68. The summed E-state index contributed by atoms with van der Waals surface area (Å²) in [5.41, 5.74) is -0.247. The zero-order chi connectivity index (χ0) is 11.7. The largest absolute Gasteiger partial charge is 0.502 e. The number of nitrogens with zero attached hydrogens (tertiary/aromatic N) is 1. The molecule has 1 heterocycles. The molecule has 16 heavy (non-hydrogen) atoms. The van der Waals surface area contributed by atoms with Gasteiger partial charge in [0.15, 0.2) is 0 Å². The number of halogens is 1. The molecule has 0 bridgehead atoms. The number of furan rings is 1. The van der Waals surface area contributed by atoms with Crippen molar-refractivity contribution in [2.24, 2.45) is 0 Å². The monoisotopic (exact) mass is 239 g/mol. The van der Waals surface area contributed by atoms with Crippen LogP contribution in [0.25, 0.3) is 11.3 Å². The third kappa shape index (κ3) is 1.72. The highest BCUT2D eigenvalue weighted by molar-refractivity contribution is 6.31. The maximum absolute atomic E-state index is 10.7. The van der Waals surface area contributed by atoms with Gasteiger partial charge in [-0.3, -0.25) is 10.1 Å². The third-order valence-electron chi connectivity index (χ3n) is 2.04. The fourth-order valence-corrected chi connectivity index (χ4v) is 1.56. The molecule has 6 heteroatoms. The number of nitro benzene ring substituents is 1. The number of nitro groups is 1. The smallest absolute Gasteiger partial charge is 0.312 e. The van der Waals surface area contributed by atoms with Crippen molar-refractivity contribution in [3.05, 3.63) is 45.7 Å². The second-order valence-corrected chi connectivity index (χ2v) is 3.49. The Bertz CT molecular complexity index is 536. The van der Waals surface area contributed by atoms with Crippen LogP contribution < -0.4 is 0 Å². The lowest BCUT2D eigenvalue weighted by atomic mass is 10.1. The zero-order valence-electron chi connectivity index (χ0n) is 7.88. The van der Waals surface area contributed by atoms with Crippen molar-refractivity contribution in [3.63, 3.8) is 0 Å². The van der Waals surface area contributed by atoms with Gasteiger partial charge in [-0.2, -0.15) is 0 Å². The number of phenols is 1. The Morgan fingerprint density at radius 3 is 2.75 bits per heavy atom. The molecule has 0 aliphatic carbocycles. The molecule has 0 aliphatic heterocycles. The molecule has 0 spiro atoms. The minimum atomic E-state index is -0.701. The van der Waals surface area contributed by atoms with E-state index in [9.17, 15) is 15.2 Å². The first-order valence-electron chi connectivity index (χ1n) is 4.30. The van der Waals surface area contributed by atoms with Crippen LogP contribution in [0.1, 0.15) is 0 Å². The van der Waals surface area contributed by atoms with E-state index in [4.69, 9.17) is 16.0 Å². The first kappa shape index (κ1) is 10.5. The van der Waals surface area contributed by atoms with Gasteiger partial charge in [0.25, 0.3) is 0 Å². The lowest BCUT2D eigenvalue weighted by molar-refractivity contribution is -0.385. The molecule has 1 N–H and O–H groups in total. The summed E-state index contributed by atoms with van der Waals surface area (Å²) in [4.78, 5) is 9.95. The summed E-state index contributed by atoms with van der Waals surface area (Å²) in [7, 11) is 0. The second-order valence-electron chi connectivity index (χ2n) is 3.06. The first-order valence-corrected chi connectivity index (χ1v) is 4.68. The van der Waals surface area contributed by atoms with Gasteiger partial charge in [0, 0.05) is 11.1 Å². The van der Waals surface area contributed by atoms with Gasteiger partial charge in [-0.25, -0.2) is 0 Å². The van der Waals surface area contributed by atoms with Crippen LogP contribution >= 0.6 is 11.6 Å². The predicted octanol–water partition coefficient (Wildman–Crippen LogP) is 3.21. The highest BCUT2D eigenvalue weighted by Crippen LogP contribution is 2.39. The molecule has 82 valence electrons. The Kier molecular flexibility index (Phi) is 2.54. The van der Waals surface area contributed by atoms with Crippen LogP contribution in [-0.2, 0) is 0 Å². The minimum absolute atomic E-state index is 0.163. The van der Waals surface area contributed by atoms with E-state index in [1.54, 1.807) is 12.1 Å². The predicted molar refractivity (Wildman–Crippen MR) is 57.5 cm³/mol. The van der Waals surface area contributed by atoms with Gasteiger partial charge < -0.3 is 9.52 Å². The Morgan fingerprint density at radius 1 is 1.44 bits per heavy atom. The van der Waals surface area contributed by atoms with Crippen molar-refractivity contribution in [2.45, 2.75) is 0 Å². The summed E-state index contributed by atoms with van der Waals surface area (Å²) < 4.78 is 5.05. The number of rotatable bonds is 2. The lowest BCUT2D eigenvalue weighted by Gasteiger charge is -2.03. The standard InChI is InChI=1S/C10H6ClNO4/c11-6-4-7(9-2-1-3-16-9)10(13)8(5-6)12(14)15/h1-5,13H. The van der Waals surface area contributed by atoms with Crippen molar-refractivity contribution in [1.29, 1.82) is 0 Å². The van der Waals surface area contributed by atoms with Crippen LogP contribution in [0.15, 0.2) is 34.9 Å². The molecule has 0 aliphatic rings. The van der Waals surface area contributed by atoms with E-state index < -0.39 is 16.4 Å². The van der Waals surface area contributed by atoms with Gasteiger partial charge in [0.2, 0.25) is 5.75 Å². The molecule has 0 fully saturated rings. The summed E-state index contributed by atoms with van der Waals surface area (Å²) >= 11 is 5.73. The quantitative estimate of drug-likeness (QED) is 0.645. The number of hydrogen-bond acceptors (Lipinski definition) is 4. The van der Waals surface area contributed by atoms with Crippen molar-refractivity contribution in [3.8, 4) is 17.1 Å². The van der Waals surface area contributed by atoms with Crippen molar-refractivity contribution < 1.29 is 14.4 Å². The van der Waals surface area contributed by atoms with Crippen LogP contribution in [-0.4, -0.2) is 10.0 Å². The third-order valence-corrected chi connectivity index (χ3v) is 2.26. The molecule has 0 unspecified atom stereocenters. The molecule has 0 saturated heterocycles. The molecule has 1 aromatic carbocycles. The second kappa shape index (κ2) is 3.86. The highest BCUT2D eigenvalue weighted by atomic mass is 35.5. The van der Waals surface area contributed by atoms with E-state index in [1.165, 1.54) is 12.3 Å². The Morgan fingerprint density at radius 2 is 2.19 bits per heavy atom. The molecule has 2 aromatic rings. The van der Waals surface area contributed by atoms with Crippen molar-refractivity contribution >= 4 is 17.3 Å². The minimum Gasteiger partial charge on any atom is -0.502 e. The molecule has 0 atom stereocenters. The molecule has 2 rings (SSSR count). The fraction of sp³-hybridized carbons (Fsp3) is 0. The maximum Gasteiger partial charge on any atom is 0.312 e. The summed E-state index contributed by atoms with van der Waals surface area (Å²) in [6.07, 6.45) is 1.40. The number of hydrogen-bond donors (Lipinski definition) is 1. The van der Waals surface area contributed by atoms with Gasteiger partial charge in [-0.15, -0.1) is 0 Å². The summed E-state index contributed by atoms with van der Waals surface area (Å²) in [5, 5.41) is 20.5. The van der Waals surface area contributed by atoms with E-state index in [2.05, 4.69) is 0 Å². The van der Waals surface area contributed by atoms with Gasteiger partial charge >= 0.3 is 5.69 Å². The molecular weight excluding hydrogens is 234 g/mol. The molecule has 0 amide bonds. The average Bonchev–Trinajstić information content (AvgIpc) is 2.73. The van der Waals surface area contributed by atoms with E-state index in [0.29, 0.717) is 5.76 Å². The van der Waals surface area contributed by atoms with Gasteiger partial charge in [-0.1, -0.05) is 11.6 Å². The SMILES string of the molecule is O=[N+]([O-])c1cc(Cl)cc(-c2ccco2)c1O. The number of phenolic OH excluding ortho intramolecular Hbond substituents is 1.